The van der Waals surface area contributed by atoms with Crippen LogP contribution in [0.4, 0.5) is 0 Å². The number of likely N-dealkylation sites (tertiary alicyclic amines) is 1. The summed E-state index contributed by atoms with van der Waals surface area (Å²) >= 11 is 0. The monoisotopic (exact) mass is 493 g/mol. The molecule has 1 amide bonds. The number of hydrogen-bond donors (Lipinski definition) is 1. The first-order valence-electron chi connectivity index (χ1n) is 12.9. The van der Waals surface area contributed by atoms with E-state index >= 15 is 0 Å². The molecule has 1 aliphatic heterocycles. The molecule has 0 bridgehead atoms. The standard InChI is InChI=1S/C29H35NO6/c1-4-34-21-14-10-11-19(17-21)26-25(28(32)29(33)30(26)20-12-8-7-9-13-20)27(31)23-16-15-22(35-5-2)18-24(23)36-6-3/h10-11,14-18,20,26,31H,4-9,12-13H2,1-3H3/b27-25-. The van der Waals surface area contributed by atoms with Gasteiger partial charge < -0.3 is 24.2 Å². The first-order chi connectivity index (χ1) is 17.5. The predicted octanol–water partition coefficient (Wildman–Crippen LogP) is 5.64. The van der Waals surface area contributed by atoms with E-state index in [1.54, 1.807) is 23.1 Å². The summed E-state index contributed by atoms with van der Waals surface area (Å²) in [6.45, 7) is 6.99. The van der Waals surface area contributed by atoms with Crippen LogP contribution < -0.4 is 14.2 Å². The molecule has 1 saturated carbocycles. The lowest BCUT2D eigenvalue weighted by molar-refractivity contribution is -0.141. The number of aliphatic hydroxyl groups is 1. The summed E-state index contributed by atoms with van der Waals surface area (Å²) < 4.78 is 17.1. The van der Waals surface area contributed by atoms with Crippen LogP contribution in [0.15, 0.2) is 48.0 Å². The number of benzene rings is 2. The SMILES string of the molecule is CCOc1cccc(C2/C(=C(/O)c3ccc(OCC)cc3OCC)C(=O)C(=O)N2C2CCCCC2)c1. The third-order valence-corrected chi connectivity index (χ3v) is 6.75. The molecule has 0 radical (unpaired) electrons. The molecule has 4 rings (SSSR count). The maximum Gasteiger partial charge on any atom is 0.295 e. The van der Waals surface area contributed by atoms with Crippen molar-refractivity contribution in [2.24, 2.45) is 0 Å². The second-order valence-corrected chi connectivity index (χ2v) is 9.03. The smallest absolute Gasteiger partial charge is 0.295 e. The van der Waals surface area contributed by atoms with Crippen LogP contribution in [0.1, 0.15) is 70.0 Å². The molecular weight excluding hydrogens is 458 g/mol. The third-order valence-electron chi connectivity index (χ3n) is 6.75. The van der Waals surface area contributed by atoms with Gasteiger partial charge in [0, 0.05) is 12.1 Å². The molecule has 1 atom stereocenters. The first-order valence-corrected chi connectivity index (χ1v) is 12.9. The van der Waals surface area contributed by atoms with E-state index in [0.29, 0.717) is 42.6 Å². The minimum Gasteiger partial charge on any atom is -0.507 e. The lowest BCUT2D eigenvalue weighted by atomic mass is 9.90. The zero-order valence-corrected chi connectivity index (χ0v) is 21.3. The lowest BCUT2D eigenvalue weighted by Crippen LogP contribution is -2.40. The van der Waals surface area contributed by atoms with Crippen LogP contribution in [0.2, 0.25) is 0 Å². The molecule has 2 aliphatic rings. The number of carbonyl (C=O) groups excluding carboxylic acids is 2. The molecule has 0 aromatic heterocycles. The molecular formula is C29H35NO6. The van der Waals surface area contributed by atoms with Gasteiger partial charge in [0.1, 0.15) is 23.0 Å². The Balaban J connectivity index is 1.88. The van der Waals surface area contributed by atoms with E-state index in [0.717, 1.165) is 37.7 Å². The summed E-state index contributed by atoms with van der Waals surface area (Å²) in [7, 11) is 0. The Morgan fingerprint density at radius 1 is 0.889 bits per heavy atom. The Kier molecular flexibility index (Phi) is 8.18. The van der Waals surface area contributed by atoms with Crippen molar-refractivity contribution < 1.29 is 28.9 Å². The summed E-state index contributed by atoms with van der Waals surface area (Å²) in [6.07, 6.45) is 4.80. The molecule has 7 nitrogen and oxygen atoms in total. The van der Waals surface area contributed by atoms with Gasteiger partial charge in [-0.15, -0.1) is 0 Å². The highest BCUT2D eigenvalue weighted by Crippen LogP contribution is 2.45. The van der Waals surface area contributed by atoms with Gasteiger partial charge in [-0.1, -0.05) is 31.4 Å². The molecule has 1 unspecified atom stereocenters. The van der Waals surface area contributed by atoms with Gasteiger partial charge in [-0.2, -0.15) is 0 Å². The number of hydrogen-bond acceptors (Lipinski definition) is 6. The number of ketones is 1. The number of rotatable bonds is 9. The fraction of sp³-hybridized carbons (Fsp3) is 0.448. The van der Waals surface area contributed by atoms with E-state index in [2.05, 4.69) is 0 Å². The number of carbonyl (C=O) groups is 2. The number of Topliss-reactive ketones (excluding diaryl/α,β-unsaturated/α-hetero) is 1. The fourth-order valence-electron chi connectivity index (χ4n) is 5.23. The summed E-state index contributed by atoms with van der Waals surface area (Å²) in [5.41, 5.74) is 1.16. The van der Waals surface area contributed by atoms with Crippen LogP contribution in [0.25, 0.3) is 5.76 Å². The van der Waals surface area contributed by atoms with Crippen molar-refractivity contribution >= 4 is 17.4 Å². The highest BCUT2D eigenvalue weighted by atomic mass is 16.5. The van der Waals surface area contributed by atoms with Gasteiger partial charge in [-0.25, -0.2) is 0 Å². The van der Waals surface area contributed by atoms with Gasteiger partial charge in [0.25, 0.3) is 11.7 Å². The molecule has 7 heteroatoms. The van der Waals surface area contributed by atoms with E-state index in [1.165, 1.54) is 0 Å². The van der Waals surface area contributed by atoms with E-state index < -0.39 is 17.7 Å². The highest BCUT2D eigenvalue weighted by molar-refractivity contribution is 6.46. The topological polar surface area (TPSA) is 85.3 Å². The number of aliphatic hydroxyl groups excluding tert-OH is 1. The quantitative estimate of drug-likeness (QED) is 0.277. The van der Waals surface area contributed by atoms with Crippen LogP contribution in [-0.4, -0.2) is 47.6 Å². The first kappa shape index (κ1) is 25.6. The zero-order valence-electron chi connectivity index (χ0n) is 21.3. The van der Waals surface area contributed by atoms with Gasteiger partial charge in [-0.3, -0.25) is 9.59 Å². The lowest BCUT2D eigenvalue weighted by Gasteiger charge is -2.35. The van der Waals surface area contributed by atoms with Crippen molar-refractivity contribution in [2.45, 2.75) is 65.0 Å². The maximum absolute atomic E-state index is 13.5. The van der Waals surface area contributed by atoms with Crippen molar-refractivity contribution in [3.63, 3.8) is 0 Å². The second-order valence-electron chi connectivity index (χ2n) is 9.03. The largest absolute Gasteiger partial charge is 0.507 e. The van der Waals surface area contributed by atoms with Crippen LogP contribution in [0, 0.1) is 0 Å². The van der Waals surface area contributed by atoms with Crippen LogP contribution in [-0.2, 0) is 9.59 Å². The molecule has 2 aromatic rings. The average molecular weight is 494 g/mol. The molecule has 1 N–H and O–H groups in total. The summed E-state index contributed by atoms with van der Waals surface area (Å²) in [6, 6.07) is 11.8. The van der Waals surface area contributed by atoms with Gasteiger partial charge >= 0.3 is 0 Å². The minimum absolute atomic E-state index is 0.0621. The number of ether oxygens (including phenoxy) is 3. The van der Waals surface area contributed by atoms with Gasteiger partial charge in [0.15, 0.2) is 0 Å². The molecule has 1 heterocycles. The third kappa shape index (κ3) is 5.06. The van der Waals surface area contributed by atoms with Gasteiger partial charge in [-0.05, 0) is 63.4 Å². The van der Waals surface area contributed by atoms with E-state index in [4.69, 9.17) is 14.2 Å². The fourth-order valence-corrected chi connectivity index (χ4v) is 5.23. The molecule has 0 spiro atoms. The molecule has 2 fully saturated rings. The van der Waals surface area contributed by atoms with E-state index in [1.807, 2.05) is 45.0 Å². The van der Waals surface area contributed by atoms with Crippen molar-refractivity contribution in [3.8, 4) is 17.2 Å². The molecule has 1 saturated heterocycles. The Hall–Kier alpha value is -3.48. The Labute approximate surface area is 212 Å². The molecule has 2 aromatic carbocycles. The van der Waals surface area contributed by atoms with Crippen molar-refractivity contribution in [3.05, 3.63) is 59.2 Å². The van der Waals surface area contributed by atoms with E-state index in [-0.39, 0.29) is 17.4 Å². The Bertz CT molecular complexity index is 1130. The molecule has 192 valence electrons. The van der Waals surface area contributed by atoms with Crippen molar-refractivity contribution in [1.29, 1.82) is 0 Å². The normalized spacial score (nSPS) is 20.0. The predicted molar refractivity (Wildman–Crippen MR) is 137 cm³/mol. The minimum atomic E-state index is -0.713. The molecule has 36 heavy (non-hydrogen) atoms. The summed E-state index contributed by atoms with van der Waals surface area (Å²) in [5, 5.41) is 11.6. The Morgan fingerprint density at radius 2 is 1.56 bits per heavy atom. The van der Waals surface area contributed by atoms with E-state index in [9.17, 15) is 14.7 Å². The Morgan fingerprint density at radius 3 is 2.22 bits per heavy atom. The maximum atomic E-state index is 13.5. The number of nitrogens with zero attached hydrogens (tertiary/aromatic N) is 1. The van der Waals surface area contributed by atoms with Gasteiger partial charge in [0.2, 0.25) is 0 Å². The summed E-state index contributed by atoms with van der Waals surface area (Å²) in [4.78, 5) is 28.6. The second kappa shape index (κ2) is 11.5. The van der Waals surface area contributed by atoms with Crippen molar-refractivity contribution in [1.82, 2.24) is 4.90 Å². The highest BCUT2D eigenvalue weighted by Gasteiger charge is 2.49. The van der Waals surface area contributed by atoms with Gasteiger partial charge in [0.05, 0.1) is 37.0 Å². The zero-order chi connectivity index (χ0) is 25.7. The summed E-state index contributed by atoms with van der Waals surface area (Å²) in [5.74, 6) is 0.151. The van der Waals surface area contributed by atoms with Crippen LogP contribution in [0.5, 0.6) is 17.2 Å². The average Bonchev–Trinajstić information content (AvgIpc) is 3.15. The molecule has 1 aliphatic carbocycles. The van der Waals surface area contributed by atoms with Crippen LogP contribution >= 0.6 is 0 Å². The van der Waals surface area contributed by atoms with Crippen LogP contribution in [0.3, 0.4) is 0 Å². The van der Waals surface area contributed by atoms with Crippen molar-refractivity contribution in [2.75, 3.05) is 19.8 Å². The number of amides is 1.